The van der Waals surface area contributed by atoms with E-state index in [-0.39, 0.29) is 5.91 Å². The molecule has 0 aromatic heterocycles. The van der Waals surface area contributed by atoms with Crippen LogP contribution in [0.15, 0.2) is 18.2 Å². The maximum Gasteiger partial charge on any atom is 0.216 e. The Morgan fingerprint density at radius 2 is 2.15 bits per heavy atom. The first-order chi connectivity index (χ1) is 9.60. The molecule has 1 fully saturated rings. The smallest absolute Gasteiger partial charge is 0.216 e. The lowest BCUT2D eigenvalue weighted by Gasteiger charge is -2.34. The summed E-state index contributed by atoms with van der Waals surface area (Å²) in [6.45, 7) is 4.85. The Hall–Kier alpha value is -1.26. The van der Waals surface area contributed by atoms with Crippen molar-refractivity contribution in [2.45, 2.75) is 26.3 Å². The fourth-order valence-electron chi connectivity index (χ4n) is 2.69. The number of anilines is 1. The number of hydrogen-bond acceptors (Lipinski definition) is 3. The summed E-state index contributed by atoms with van der Waals surface area (Å²) in [5.74, 6) is 0.624. The number of amides is 1. The molecule has 1 aromatic carbocycles. The van der Waals surface area contributed by atoms with Crippen molar-refractivity contribution in [1.29, 1.82) is 0 Å². The SMILES string of the molecule is CC(=O)NCC1CCN(c2ccc(Cl)cc2CN)CC1. The van der Waals surface area contributed by atoms with Crippen LogP contribution in [0.5, 0.6) is 0 Å². The van der Waals surface area contributed by atoms with Crippen molar-refractivity contribution in [2.24, 2.45) is 11.7 Å². The average molecular weight is 296 g/mol. The highest BCUT2D eigenvalue weighted by Crippen LogP contribution is 2.28. The van der Waals surface area contributed by atoms with Crippen molar-refractivity contribution >= 4 is 23.2 Å². The van der Waals surface area contributed by atoms with Gasteiger partial charge in [-0.3, -0.25) is 4.79 Å². The third-order valence-corrected chi connectivity index (χ3v) is 4.09. The first kappa shape index (κ1) is 15.1. The highest BCUT2D eigenvalue weighted by Gasteiger charge is 2.21. The van der Waals surface area contributed by atoms with Crippen LogP contribution in [0.25, 0.3) is 0 Å². The molecule has 1 aliphatic rings. The zero-order chi connectivity index (χ0) is 14.5. The third kappa shape index (κ3) is 3.87. The molecule has 0 atom stereocenters. The van der Waals surface area contributed by atoms with Gasteiger partial charge >= 0.3 is 0 Å². The van der Waals surface area contributed by atoms with E-state index in [4.69, 9.17) is 17.3 Å². The molecular formula is C15H22ClN3O. The van der Waals surface area contributed by atoms with Crippen molar-refractivity contribution in [3.05, 3.63) is 28.8 Å². The maximum atomic E-state index is 10.9. The van der Waals surface area contributed by atoms with Crippen LogP contribution in [0.4, 0.5) is 5.69 Å². The van der Waals surface area contributed by atoms with Gasteiger partial charge in [-0.15, -0.1) is 0 Å². The molecule has 5 heteroatoms. The van der Waals surface area contributed by atoms with Gasteiger partial charge in [0, 0.05) is 43.8 Å². The van der Waals surface area contributed by atoms with Gasteiger partial charge in [-0.05, 0) is 42.5 Å². The Balaban J connectivity index is 1.95. The second-order valence-corrected chi connectivity index (χ2v) is 5.78. The van der Waals surface area contributed by atoms with Crippen LogP contribution in [0.3, 0.4) is 0 Å². The van der Waals surface area contributed by atoms with E-state index < -0.39 is 0 Å². The molecule has 0 radical (unpaired) electrons. The molecule has 0 unspecified atom stereocenters. The monoisotopic (exact) mass is 295 g/mol. The number of rotatable bonds is 4. The van der Waals surface area contributed by atoms with Gasteiger partial charge in [0.2, 0.25) is 5.91 Å². The van der Waals surface area contributed by atoms with Gasteiger partial charge < -0.3 is 16.0 Å². The third-order valence-electron chi connectivity index (χ3n) is 3.86. The molecule has 4 nitrogen and oxygen atoms in total. The molecule has 0 spiro atoms. The number of nitrogens with zero attached hydrogens (tertiary/aromatic N) is 1. The molecule has 1 saturated heterocycles. The molecule has 0 aliphatic carbocycles. The van der Waals surface area contributed by atoms with E-state index in [2.05, 4.69) is 16.3 Å². The second-order valence-electron chi connectivity index (χ2n) is 5.34. The minimum absolute atomic E-state index is 0.0514. The van der Waals surface area contributed by atoms with E-state index in [1.54, 1.807) is 6.92 Å². The van der Waals surface area contributed by atoms with Gasteiger partial charge in [0.25, 0.3) is 0 Å². The standard InChI is InChI=1S/C15H22ClN3O/c1-11(20)18-10-12-4-6-19(7-5-12)15-3-2-14(16)8-13(15)9-17/h2-3,8,12H,4-7,9-10,17H2,1H3,(H,18,20). The van der Waals surface area contributed by atoms with E-state index in [1.807, 2.05) is 12.1 Å². The van der Waals surface area contributed by atoms with E-state index in [0.717, 1.165) is 43.1 Å². The molecule has 20 heavy (non-hydrogen) atoms. The number of nitrogens with one attached hydrogen (secondary N) is 1. The molecule has 110 valence electrons. The molecule has 1 amide bonds. The summed E-state index contributed by atoms with van der Waals surface area (Å²) < 4.78 is 0. The molecule has 0 bridgehead atoms. The first-order valence-electron chi connectivity index (χ1n) is 7.08. The zero-order valence-corrected chi connectivity index (χ0v) is 12.6. The lowest BCUT2D eigenvalue weighted by molar-refractivity contribution is -0.119. The molecular weight excluding hydrogens is 274 g/mol. The lowest BCUT2D eigenvalue weighted by Crippen LogP contribution is -2.38. The summed E-state index contributed by atoms with van der Waals surface area (Å²) in [5, 5.41) is 3.64. The summed E-state index contributed by atoms with van der Waals surface area (Å²) in [7, 11) is 0. The van der Waals surface area contributed by atoms with Gasteiger partial charge in [0.15, 0.2) is 0 Å². The largest absolute Gasteiger partial charge is 0.371 e. The fraction of sp³-hybridized carbons (Fsp3) is 0.533. The second kappa shape index (κ2) is 6.95. The van der Waals surface area contributed by atoms with E-state index in [1.165, 1.54) is 5.69 Å². The fourth-order valence-corrected chi connectivity index (χ4v) is 2.89. The Labute approximate surface area is 125 Å². The van der Waals surface area contributed by atoms with Gasteiger partial charge in [0.1, 0.15) is 0 Å². The summed E-state index contributed by atoms with van der Waals surface area (Å²) in [6.07, 6.45) is 2.18. The first-order valence-corrected chi connectivity index (χ1v) is 7.46. The van der Waals surface area contributed by atoms with E-state index >= 15 is 0 Å². The van der Waals surface area contributed by atoms with Gasteiger partial charge in [-0.1, -0.05) is 11.6 Å². The molecule has 1 aliphatic heterocycles. The predicted octanol–water partition coefficient (Wildman–Crippen LogP) is 2.15. The van der Waals surface area contributed by atoms with E-state index in [9.17, 15) is 4.79 Å². The predicted molar refractivity (Wildman–Crippen MR) is 83.0 cm³/mol. The van der Waals surface area contributed by atoms with Crippen LogP contribution in [0.2, 0.25) is 5.02 Å². The minimum Gasteiger partial charge on any atom is -0.371 e. The van der Waals surface area contributed by atoms with Crippen molar-refractivity contribution in [3.8, 4) is 0 Å². The number of halogens is 1. The van der Waals surface area contributed by atoms with Crippen LogP contribution < -0.4 is 16.0 Å². The Morgan fingerprint density at radius 3 is 2.75 bits per heavy atom. The number of piperidine rings is 1. The minimum atomic E-state index is 0.0514. The summed E-state index contributed by atoms with van der Waals surface area (Å²) in [6, 6.07) is 5.92. The summed E-state index contributed by atoms with van der Waals surface area (Å²) in [4.78, 5) is 13.3. The summed E-state index contributed by atoms with van der Waals surface area (Å²) >= 11 is 6.01. The highest BCUT2D eigenvalue weighted by molar-refractivity contribution is 6.30. The van der Waals surface area contributed by atoms with Crippen LogP contribution >= 0.6 is 11.6 Å². The maximum absolute atomic E-state index is 10.9. The molecule has 2 rings (SSSR count). The van der Waals surface area contributed by atoms with Crippen LogP contribution in [0.1, 0.15) is 25.3 Å². The quantitative estimate of drug-likeness (QED) is 0.895. The lowest BCUT2D eigenvalue weighted by atomic mass is 9.96. The molecule has 3 N–H and O–H groups in total. The summed E-state index contributed by atoms with van der Waals surface area (Å²) in [5.41, 5.74) is 8.09. The number of nitrogens with two attached hydrogens (primary N) is 1. The van der Waals surface area contributed by atoms with Crippen molar-refractivity contribution < 1.29 is 4.79 Å². The average Bonchev–Trinajstić information content (AvgIpc) is 2.45. The molecule has 1 aromatic rings. The van der Waals surface area contributed by atoms with Crippen LogP contribution in [0, 0.1) is 5.92 Å². The van der Waals surface area contributed by atoms with Crippen molar-refractivity contribution in [3.63, 3.8) is 0 Å². The normalized spacial score (nSPS) is 16.2. The Kier molecular flexibility index (Phi) is 5.26. The highest BCUT2D eigenvalue weighted by atomic mass is 35.5. The number of hydrogen-bond donors (Lipinski definition) is 2. The van der Waals surface area contributed by atoms with Crippen molar-refractivity contribution in [1.82, 2.24) is 5.32 Å². The number of benzene rings is 1. The Bertz CT molecular complexity index is 470. The van der Waals surface area contributed by atoms with Gasteiger partial charge in [0.05, 0.1) is 0 Å². The van der Waals surface area contributed by atoms with E-state index in [0.29, 0.717) is 12.5 Å². The van der Waals surface area contributed by atoms with Gasteiger partial charge in [-0.2, -0.15) is 0 Å². The number of carbonyl (C=O) groups is 1. The van der Waals surface area contributed by atoms with Gasteiger partial charge in [-0.25, -0.2) is 0 Å². The van der Waals surface area contributed by atoms with Crippen LogP contribution in [-0.2, 0) is 11.3 Å². The zero-order valence-electron chi connectivity index (χ0n) is 11.9. The van der Waals surface area contributed by atoms with Crippen LogP contribution in [-0.4, -0.2) is 25.5 Å². The topological polar surface area (TPSA) is 58.4 Å². The number of carbonyl (C=O) groups excluding carboxylic acids is 1. The Morgan fingerprint density at radius 1 is 1.45 bits per heavy atom. The molecule has 0 saturated carbocycles. The molecule has 1 heterocycles. The van der Waals surface area contributed by atoms with Crippen molar-refractivity contribution in [2.75, 3.05) is 24.5 Å².